The minimum atomic E-state index is 0.0153. The monoisotopic (exact) mass is 195 g/mol. The van der Waals surface area contributed by atoms with Crippen LogP contribution in [0.5, 0.6) is 0 Å². The minimum absolute atomic E-state index is 0.0153. The van der Waals surface area contributed by atoms with Crippen molar-refractivity contribution in [3.63, 3.8) is 0 Å². The second-order valence-electron chi connectivity index (χ2n) is 3.29. The molecular weight excluding hydrogens is 174 g/mol. The Morgan fingerprint density at radius 3 is 2.57 bits per heavy atom. The first kappa shape index (κ1) is 12.9. The van der Waals surface area contributed by atoms with Crippen molar-refractivity contribution in [2.45, 2.75) is 39.5 Å². The van der Waals surface area contributed by atoms with Gasteiger partial charge < -0.3 is 5.32 Å². The van der Waals surface area contributed by atoms with Gasteiger partial charge in [0.1, 0.15) is 0 Å². The summed E-state index contributed by atoms with van der Waals surface area (Å²) >= 11 is 0. The molecule has 14 heavy (non-hydrogen) atoms. The number of nitrogens with one attached hydrogen (secondary N) is 1. The van der Waals surface area contributed by atoms with Crippen molar-refractivity contribution >= 4 is 5.91 Å². The summed E-state index contributed by atoms with van der Waals surface area (Å²) in [7, 11) is 0. The Balaban J connectivity index is 3.28. The predicted molar refractivity (Wildman–Crippen MR) is 61.1 cm³/mol. The average molecular weight is 195 g/mol. The first-order chi connectivity index (χ1) is 6.77. The number of hydrogen-bond donors (Lipinski definition) is 1. The van der Waals surface area contributed by atoms with Gasteiger partial charge in [0.25, 0.3) is 0 Å². The number of allylic oxidation sites excluding steroid dienone is 3. The Labute approximate surface area is 87.1 Å². The van der Waals surface area contributed by atoms with Crippen LogP contribution in [0.15, 0.2) is 24.3 Å². The third kappa shape index (κ3) is 11.0. The Hall–Kier alpha value is -1.05. The maximum atomic E-state index is 10.5. The van der Waals surface area contributed by atoms with Crippen molar-refractivity contribution in [1.82, 2.24) is 5.32 Å². The zero-order valence-electron chi connectivity index (χ0n) is 9.25. The number of carbonyl (C=O) groups excluding carboxylic acids is 1. The summed E-state index contributed by atoms with van der Waals surface area (Å²) in [4.78, 5) is 10.5. The van der Waals surface area contributed by atoms with E-state index in [1.807, 2.05) is 18.2 Å². The van der Waals surface area contributed by atoms with Crippen LogP contribution in [0, 0.1) is 0 Å². The van der Waals surface area contributed by atoms with E-state index >= 15 is 0 Å². The molecule has 2 nitrogen and oxygen atoms in total. The fourth-order valence-corrected chi connectivity index (χ4v) is 1.04. The Morgan fingerprint density at radius 1 is 1.21 bits per heavy atom. The van der Waals surface area contributed by atoms with Gasteiger partial charge in [0.05, 0.1) is 0 Å². The lowest BCUT2D eigenvalue weighted by Crippen LogP contribution is -2.19. The fraction of sp³-hybridized carbons (Fsp3) is 0.583. The predicted octanol–water partition coefficient (Wildman–Crippen LogP) is 2.82. The molecule has 0 aliphatic heterocycles. The standard InChI is InChI=1S/C12H21NO/c1-3-4-5-6-7-8-9-10-11-13-12(2)14/h7-10H,3-6,11H2,1-2H3,(H,13,14)/b8-7+,10-9+. The van der Waals surface area contributed by atoms with Crippen LogP contribution >= 0.6 is 0 Å². The highest BCUT2D eigenvalue weighted by molar-refractivity contribution is 5.72. The zero-order chi connectivity index (χ0) is 10.6. The molecule has 2 heteroatoms. The van der Waals surface area contributed by atoms with Crippen LogP contribution in [0.1, 0.15) is 39.5 Å². The molecule has 0 radical (unpaired) electrons. The third-order valence-corrected chi connectivity index (χ3v) is 1.83. The van der Waals surface area contributed by atoms with Crippen LogP contribution in [0.3, 0.4) is 0 Å². The highest BCUT2D eigenvalue weighted by Gasteiger charge is 1.83. The SMILES string of the molecule is CCCCC/C=C/C=C/CNC(C)=O. The van der Waals surface area contributed by atoms with Gasteiger partial charge in [-0.25, -0.2) is 0 Å². The lowest BCUT2D eigenvalue weighted by molar-refractivity contribution is -0.118. The first-order valence-electron chi connectivity index (χ1n) is 5.33. The van der Waals surface area contributed by atoms with Crippen LogP contribution in [0.4, 0.5) is 0 Å². The quantitative estimate of drug-likeness (QED) is 0.491. The van der Waals surface area contributed by atoms with Crippen LogP contribution in [0.2, 0.25) is 0 Å². The summed E-state index contributed by atoms with van der Waals surface area (Å²) in [6.07, 6.45) is 13.1. The van der Waals surface area contributed by atoms with E-state index in [9.17, 15) is 4.79 Å². The topological polar surface area (TPSA) is 29.1 Å². The molecule has 1 N–H and O–H groups in total. The highest BCUT2D eigenvalue weighted by Crippen LogP contribution is 1.99. The lowest BCUT2D eigenvalue weighted by Gasteiger charge is -1.92. The molecule has 0 unspecified atom stereocenters. The molecule has 0 aromatic heterocycles. The summed E-state index contributed by atoms with van der Waals surface area (Å²) in [5, 5.41) is 2.70. The normalized spacial score (nSPS) is 11.3. The average Bonchev–Trinajstić information content (AvgIpc) is 2.15. The molecule has 0 spiro atoms. The van der Waals surface area contributed by atoms with Crippen molar-refractivity contribution in [2.75, 3.05) is 6.54 Å². The third-order valence-electron chi connectivity index (χ3n) is 1.83. The van der Waals surface area contributed by atoms with Gasteiger partial charge in [-0.05, 0) is 12.8 Å². The lowest BCUT2D eigenvalue weighted by atomic mass is 10.2. The van der Waals surface area contributed by atoms with E-state index in [1.54, 1.807) is 0 Å². The number of amides is 1. The van der Waals surface area contributed by atoms with E-state index in [4.69, 9.17) is 0 Å². The van der Waals surface area contributed by atoms with Gasteiger partial charge in [0.2, 0.25) is 5.91 Å². The smallest absolute Gasteiger partial charge is 0.217 e. The zero-order valence-corrected chi connectivity index (χ0v) is 9.25. The highest BCUT2D eigenvalue weighted by atomic mass is 16.1. The molecular formula is C12H21NO. The molecule has 0 atom stereocenters. The van der Waals surface area contributed by atoms with Gasteiger partial charge in [0, 0.05) is 13.5 Å². The Bertz CT molecular complexity index is 194. The van der Waals surface area contributed by atoms with Gasteiger partial charge >= 0.3 is 0 Å². The van der Waals surface area contributed by atoms with Crippen molar-refractivity contribution in [1.29, 1.82) is 0 Å². The number of carbonyl (C=O) groups is 1. The van der Waals surface area contributed by atoms with Gasteiger partial charge in [-0.15, -0.1) is 0 Å². The van der Waals surface area contributed by atoms with E-state index in [-0.39, 0.29) is 5.91 Å². The summed E-state index contributed by atoms with van der Waals surface area (Å²) in [5.41, 5.74) is 0. The van der Waals surface area contributed by atoms with Crippen molar-refractivity contribution < 1.29 is 4.79 Å². The van der Waals surface area contributed by atoms with Crippen molar-refractivity contribution in [2.24, 2.45) is 0 Å². The molecule has 0 rings (SSSR count). The largest absolute Gasteiger partial charge is 0.353 e. The number of rotatable bonds is 7. The summed E-state index contributed by atoms with van der Waals surface area (Å²) in [6, 6.07) is 0. The molecule has 0 aliphatic carbocycles. The molecule has 0 aromatic carbocycles. The second-order valence-corrected chi connectivity index (χ2v) is 3.29. The molecule has 0 fully saturated rings. The van der Waals surface area contributed by atoms with Gasteiger partial charge in [-0.1, -0.05) is 44.1 Å². The van der Waals surface area contributed by atoms with Crippen molar-refractivity contribution in [3.8, 4) is 0 Å². The summed E-state index contributed by atoms with van der Waals surface area (Å²) < 4.78 is 0. The summed E-state index contributed by atoms with van der Waals surface area (Å²) in [6.45, 7) is 4.35. The molecule has 80 valence electrons. The summed E-state index contributed by atoms with van der Waals surface area (Å²) in [5.74, 6) is 0.0153. The maximum absolute atomic E-state index is 10.5. The Morgan fingerprint density at radius 2 is 1.93 bits per heavy atom. The van der Waals surface area contributed by atoms with E-state index < -0.39 is 0 Å². The number of unbranched alkanes of at least 4 members (excludes halogenated alkanes) is 3. The van der Waals surface area contributed by atoms with Gasteiger partial charge in [0.15, 0.2) is 0 Å². The molecule has 1 amide bonds. The van der Waals surface area contributed by atoms with Crippen LogP contribution in [0.25, 0.3) is 0 Å². The van der Waals surface area contributed by atoms with Crippen molar-refractivity contribution in [3.05, 3.63) is 24.3 Å². The first-order valence-corrected chi connectivity index (χ1v) is 5.33. The van der Waals surface area contributed by atoms with E-state index in [0.29, 0.717) is 6.54 Å². The van der Waals surface area contributed by atoms with Crippen LogP contribution in [-0.2, 0) is 4.79 Å². The molecule has 0 saturated carbocycles. The van der Waals surface area contributed by atoms with Gasteiger partial charge in [-0.3, -0.25) is 4.79 Å². The molecule has 0 aliphatic rings. The van der Waals surface area contributed by atoms with E-state index in [2.05, 4.69) is 18.3 Å². The van der Waals surface area contributed by atoms with E-state index in [1.165, 1.54) is 26.2 Å². The Kier molecular flexibility index (Phi) is 9.28. The fourth-order valence-electron chi connectivity index (χ4n) is 1.04. The molecule has 0 bridgehead atoms. The maximum Gasteiger partial charge on any atom is 0.217 e. The molecule has 0 heterocycles. The molecule has 0 saturated heterocycles. The van der Waals surface area contributed by atoms with Crippen LogP contribution in [-0.4, -0.2) is 12.5 Å². The van der Waals surface area contributed by atoms with Gasteiger partial charge in [-0.2, -0.15) is 0 Å². The second kappa shape index (κ2) is 10.0. The van der Waals surface area contributed by atoms with E-state index in [0.717, 1.165) is 6.42 Å². The molecule has 0 aromatic rings. The minimum Gasteiger partial charge on any atom is -0.353 e. The number of hydrogen-bond acceptors (Lipinski definition) is 1. The van der Waals surface area contributed by atoms with Crippen LogP contribution < -0.4 is 5.32 Å².